The number of aromatic carboxylic acids is 1. The SMILES string of the molecule is O=C(O)c1ccc(-n2nnnc2SC2CCN(C(=O)O)CC2)cc1.O=C(Oc1ccc(Oc2ccc(C(F)(F)F)cn2)cc1)N1CCC(Sc2ncn[nH]2)CC1. The lowest BCUT2D eigenvalue weighted by atomic mass is 10.1. The van der Waals surface area contributed by atoms with Crippen LogP contribution >= 0.6 is 23.5 Å². The van der Waals surface area contributed by atoms with Gasteiger partial charge in [-0.2, -0.15) is 23.0 Å². The summed E-state index contributed by atoms with van der Waals surface area (Å²) in [6, 6.07) is 14.5. The molecule has 0 saturated carbocycles. The number of likely N-dealkylation sites (tertiary alicyclic amines) is 2. The average molecular weight is 815 g/mol. The fraction of sp³-hybridized carbons (Fsp3) is 0.324. The second-order valence-electron chi connectivity index (χ2n) is 12.2. The minimum atomic E-state index is -4.46. The van der Waals surface area contributed by atoms with E-state index in [4.69, 9.17) is 19.7 Å². The lowest BCUT2D eigenvalue weighted by Crippen LogP contribution is -2.40. The van der Waals surface area contributed by atoms with Crippen molar-refractivity contribution in [2.24, 2.45) is 0 Å². The minimum absolute atomic E-state index is 0.0221. The molecule has 17 nitrogen and oxygen atoms in total. The Morgan fingerprint density at radius 1 is 0.804 bits per heavy atom. The van der Waals surface area contributed by atoms with Crippen molar-refractivity contribution in [3.05, 3.63) is 84.3 Å². The van der Waals surface area contributed by atoms with Gasteiger partial charge < -0.3 is 29.5 Å². The summed E-state index contributed by atoms with van der Waals surface area (Å²) in [5.74, 6) is -0.282. The molecule has 294 valence electrons. The minimum Gasteiger partial charge on any atom is -0.478 e. The van der Waals surface area contributed by atoms with Crippen LogP contribution in [0.1, 0.15) is 41.6 Å². The van der Waals surface area contributed by atoms with E-state index in [1.54, 1.807) is 57.7 Å². The van der Waals surface area contributed by atoms with Gasteiger partial charge in [-0.1, -0.05) is 23.5 Å². The van der Waals surface area contributed by atoms with E-state index in [-0.39, 0.29) is 16.7 Å². The van der Waals surface area contributed by atoms with E-state index in [2.05, 4.69) is 35.7 Å². The van der Waals surface area contributed by atoms with Crippen LogP contribution in [0.15, 0.2) is 83.5 Å². The second kappa shape index (κ2) is 18.2. The van der Waals surface area contributed by atoms with Crippen molar-refractivity contribution in [1.82, 2.24) is 50.2 Å². The number of nitrogens with zero attached hydrogens (tertiary/aromatic N) is 9. The van der Waals surface area contributed by atoms with Gasteiger partial charge in [0.15, 0.2) is 5.16 Å². The quantitative estimate of drug-likeness (QED) is 0.148. The molecule has 0 spiro atoms. The number of piperidine rings is 2. The molecule has 2 amide bonds. The number of halogens is 3. The van der Waals surface area contributed by atoms with Crippen LogP contribution in [-0.2, 0) is 6.18 Å². The maximum Gasteiger partial charge on any atom is 0.417 e. The normalized spacial score (nSPS) is 15.1. The Labute approximate surface area is 324 Å². The highest BCUT2D eigenvalue weighted by Gasteiger charge is 2.31. The number of benzene rings is 2. The highest BCUT2D eigenvalue weighted by molar-refractivity contribution is 8.00. The molecular weight excluding hydrogens is 782 g/mol. The van der Waals surface area contributed by atoms with Crippen LogP contribution in [-0.4, -0.2) is 115 Å². The lowest BCUT2D eigenvalue weighted by molar-refractivity contribution is -0.137. The number of aromatic nitrogens is 8. The Hall–Kier alpha value is -5.90. The summed E-state index contributed by atoms with van der Waals surface area (Å²) < 4.78 is 50.2. The monoisotopic (exact) mass is 814 g/mol. The van der Waals surface area contributed by atoms with Gasteiger partial charge in [-0.15, -0.1) is 5.10 Å². The third-order valence-corrected chi connectivity index (χ3v) is 11.0. The molecule has 5 heterocycles. The summed E-state index contributed by atoms with van der Waals surface area (Å²) >= 11 is 3.12. The number of carbonyl (C=O) groups excluding carboxylic acids is 1. The molecule has 0 bridgehead atoms. The number of carbonyl (C=O) groups is 3. The number of carboxylic acids is 1. The third-order valence-electron chi connectivity index (χ3n) is 8.47. The van der Waals surface area contributed by atoms with Crippen molar-refractivity contribution in [2.45, 2.75) is 52.7 Å². The zero-order valence-electron chi connectivity index (χ0n) is 29.2. The number of thioether (sulfide) groups is 2. The molecule has 2 saturated heterocycles. The number of rotatable bonds is 9. The summed E-state index contributed by atoms with van der Waals surface area (Å²) in [7, 11) is 0. The molecule has 0 radical (unpaired) electrons. The van der Waals surface area contributed by atoms with Crippen molar-refractivity contribution >= 4 is 41.7 Å². The maximum absolute atomic E-state index is 12.6. The van der Waals surface area contributed by atoms with Crippen LogP contribution in [0.2, 0.25) is 0 Å². The topological polar surface area (TPSA) is 215 Å². The van der Waals surface area contributed by atoms with Gasteiger partial charge in [0, 0.05) is 48.9 Å². The number of pyridine rings is 1. The molecule has 7 rings (SSSR count). The Morgan fingerprint density at radius 3 is 2.02 bits per heavy atom. The highest BCUT2D eigenvalue weighted by atomic mass is 32.2. The number of tetrazole rings is 1. The molecule has 3 N–H and O–H groups in total. The zero-order chi connectivity index (χ0) is 39.7. The number of aromatic amines is 1. The van der Waals surface area contributed by atoms with Crippen molar-refractivity contribution in [3.63, 3.8) is 0 Å². The maximum atomic E-state index is 12.6. The predicted molar refractivity (Wildman–Crippen MR) is 193 cm³/mol. The van der Waals surface area contributed by atoms with Crippen LogP contribution < -0.4 is 9.47 Å². The number of alkyl halides is 3. The van der Waals surface area contributed by atoms with E-state index in [0.717, 1.165) is 43.0 Å². The highest BCUT2D eigenvalue weighted by Crippen LogP contribution is 2.32. The second-order valence-corrected chi connectivity index (χ2v) is 14.8. The molecule has 2 aliphatic rings. The fourth-order valence-electron chi connectivity index (χ4n) is 5.51. The molecule has 2 fully saturated rings. The third kappa shape index (κ3) is 10.9. The number of H-pyrrole nitrogens is 1. The first-order chi connectivity index (χ1) is 26.9. The first-order valence-electron chi connectivity index (χ1n) is 17.0. The Bertz CT molecular complexity index is 2060. The number of nitrogens with one attached hydrogen (secondary N) is 1. The zero-order valence-corrected chi connectivity index (χ0v) is 30.8. The van der Waals surface area contributed by atoms with Crippen LogP contribution in [0.5, 0.6) is 17.4 Å². The number of hydrogen-bond donors (Lipinski definition) is 3. The van der Waals surface area contributed by atoms with E-state index >= 15 is 0 Å². The molecule has 0 unspecified atom stereocenters. The van der Waals surface area contributed by atoms with Crippen molar-refractivity contribution in [1.29, 1.82) is 0 Å². The van der Waals surface area contributed by atoms with Gasteiger partial charge in [-0.25, -0.2) is 24.4 Å². The van der Waals surface area contributed by atoms with E-state index in [1.807, 2.05) is 0 Å². The van der Waals surface area contributed by atoms with Crippen LogP contribution in [0.25, 0.3) is 5.69 Å². The fourth-order valence-corrected chi connectivity index (χ4v) is 7.55. The Kier molecular flexibility index (Phi) is 12.9. The number of hydrogen-bond acceptors (Lipinski definition) is 13. The Morgan fingerprint density at radius 2 is 1.45 bits per heavy atom. The van der Waals surface area contributed by atoms with Crippen molar-refractivity contribution in [2.75, 3.05) is 26.2 Å². The van der Waals surface area contributed by atoms with E-state index in [9.17, 15) is 27.6 Å². The van der Waals surface area contributed by atoms with Gasteiger partial charge in [0.2, 0.25) is 11.0 Å². The summed E-state index contributed by atoms with van der Waals surface area (Å²) in [5, 5.41) is 38.2. The number of amides is 2. The molecule has 0 atom stereocenters. The first-order valence-corrected chi connectivity index (χ1v) is 18.7. The van der Waals surface area contributed by atoms with Crippen LogP contribution in [0, 0.1) is 0 Å². The molecule has 2 aliphatic heterocycles. The summed E-state index contributed by atoms with van der Waals surface area (Å²) in [5.41, 5.74) is 0.0188. The van der Waals surface area contributed by atoms with Gasteiger partial charge in [0.05, 0.1) is 16.8 Å². The molecule has 56 heavy (non-hydrogen) atoms. The van der Waals surface area contributed by atoms with Crippen LogP contribution in [0.4, 0.5) is 22.8 Å². The first kappa shape index (κ1) is 39.8. The van der Waals surface area contributed by atoms with E-state index in [0.29, 0.717) is 60.0 Å². The Balaban J connectivity index is 0.000000198. The standard InChI is InChI=1S/C20H18F3N5O3S.C14H15N5O4S/c21-20(22,23)13-1-6-17(24-11-13)30-14-2-4-15(5-3-14)31-19(29)28-9-7-16(8-10-28)32-18-25-12-26-27-18;20-12(21)9-1-3-10(4-2-9)19-13(15-16-17-19)24-11-5-7-18(8-6-11)14(22)23/h1-6,11-12,16H,7-10H2,(H,25,26,27);1-4,11H,5-8H2,(H,20,21)(H,22,23). The molecule has 5 aromatic rings. The molecule has 0 aliphatic carbocycles. The van der Waals surface area contributed by atoms with Crippen molar-refractivity contribution in [3.8, 4) is 23.1 Å². The average Bonchev–Trinajstić information content (AvgIpc) is 3.89. The molecule has 2 aromatic carbocycles. The van der Waals surface area contributed by atoms with Gasteiger partial charge in [-0.3, -0.25) is 5.10 Å². The van der Waals surface area contributed by atoms with Gasteiger partial charge in [0.25, 0.3) is 0 Å². The summed E-state index contributed by atoms with van der Waals surface area (Å²) in [6.07, 6.45) is -0.510. The van der Waals surface area contributed by atoms with E-state index < -0.39 is 29.9 Å². The van der Waals surface area contributed by atoms with E-state index in [1.165, 1.54) is 35.1 Å². The number of carboxylic acid groups (broad SMARTS) is 2. The summed E-state index contributed by atoms with van der Waals surface area (Å²) in [6.45, 7) is 2.15. The number of ether oxygens (including phenoxy) is 2. The molecular formula is C34H33F3N10O7S2. The van der Waals surface area contributed by atoms with Gasteiger partial charge in [0.1, 0.15) is 17.8 Å². The lowest BCUT2D eigenvalue weighted by Gasteiger charge is -2.30. The molecule has 3 aromatic heterocycles. The van der Waals surface area contributed by atoms with Crippen molar-refractivity contribution < 1.29 is 47.2 Å². The van der Waals surface area contributed by atoms with Crippen LogP contribution in [0.3, 0.4) is 0 Å². The molecule has 22 heteroatoms. The smallest absolute Gasteiger partial charge is 0.417 e. The van der Waals surface area contributed by atoms with Gasteiger partial charge in [-0.05, 0) is 90.7 Å². The summed E-state index contributed by atoms with van der Waals surface area (Å²) in [4.78, 5) is 45.1. The predicted octanol–water partition coefficient (Wildman–Crippen LogP) is 6.36. The van der Waals surface area contributed by atoms with Gasteiger partial charge >= 0.3 is 24.3 Å². The largest absolute Gasteiger partial charge is 0.478 e.